The number of aromatic nitrogens is 1. The molecule has 2 heterocycles. The second-order valence-electron chi connectivity index (χ2n) is 4.58. The van der Waals surface area contributed by atoms with E-state index in [2.05, 4.69) is 31.5 Å². The first-order valence-electron chi connectivity index (χ1n) is 5.94. The van der Waals surface area contributed by atoms with Crippen molar-refractivity contribution in [2.45, 2.75) is 18.4 Å². The van der Waals surface area contributed by atoms with Gasteiger partial charge >= 0.3 is 0 Å². The third-order valence-electron chi connectivity index (χ3n) is 3.15. The van der Waals surface area contributed by atoms with Crippen molar-refractivity contribution in [1.29, 1.82) is 0 Å². The van der Waals surface area contributed by atoms with Gasteiger partial charge in [0, 0.05) is 24.3 Å². The molecule has 0 radical (unpaired) electrons. The molecule has 0 spiro atoms. The third kappa shape index (κ3) is 3.35. The summed E-state index contributed by atoms with van der Waals surface area (Å²) in [6.45, 7) is 2.48. The maximum absolute atomic E-state index is 6.13. The average molecular weight is 335 g/mol. The van der Waals surface area contributed by atoms with Crippen LogP contribution in [0, 0.1) is 0 Å². The molecule has 1 aliphatic rings. The lowest BCUT2D eigenvalue weighted by Crippen LogP contribution is -2.49. The van der Waals surface area contributed by atoms with Crippen LogP contribution >= 0.6 is 27.5 Å². The van der Waals surface area contributed by atoms with Crippen molar-refractivity contribution >= 4 is 33.3 Å². The molecule has 100 valence electrons. The summed E-state index contributed by atoms with van der Waals surface area (Å²) in [5.41, 5.74) is -0.00711. The van der Waals surface area contributed by atoms with Crippen molar-refractivity contribution in [3.63, 3.8) is 0 Å². The summed E-state index contributed by atoms with van der Waals surface area (Å²) >= 11 is 9.47. The minimum Gasteiger partial charge on any atom is -0.383 e. The Bertz CT molecular complexity index is 410. The summed E-state index contributed by atoms with van der Waals surface area (Å²) < 4.78 is 6.18. The van der Waals surface area contributed by atoms with Crippen LogP contribution in [-0.2, 0) is 4.74 Å². The normalized spacial score (nSPS) is 23.3. The molecule has 6 heteroatoms. The molecule has 0 aromatic carbocycles. The Morgan fingerprint density at radius 1 is 1.67 bits per heavy atom. The van der Waals surface area contributed by atoms with Crippen LogP contribution in [0.3, 0.4) is 0 Å². The molecule has 1 aromatic rings. The van der Waals surface area contributed by atoms with E-state index in [0.29, 0.717) is 17.4 Å². The van der Waals surface area contributed by atoms with Gasteiger partial charge in [-0.2, -0.15) is 0 Å². The second kappa shape index (κ2) is 6.19. The lowest BCUT2D eigenvalue weighted by Gasteiger charge is -2.29. The molecular weight excluding hydrogens is 318 g/mol. The monoisotopic (exact) mass is 333 g/mol. The Kier molecular flexibility index (Phi) is 4.84. The predicted molar refractivity (Wildman–Crippen MR) is 77.3 cm³/mol. The first kappa shape index (κ1) is 14.1. The average Bonchev–Trinajstić information content (AvgIpc) is 2.77. The fraction of sp³-hybridized carbons (Fsp3) is 0.583. The van der Waals surface area contributed by atoms with Crippen LogP contribution in [0.5, 0.6) is 0 Å². The smallest absolute Gasteiger partial charge is 0.144 e. The fourth-order valence-corrected chi connectivity index (χ4v) is 2.96. The Balaban J connectivity index is 2.01. The van der Waals surface area contributed by atoms with E-state index in [1.54, 1.807) is 13.3 Å². The molecule has 1 unspecified atom stereocenters. The number of pyridine rings is 1. The van der Waals surface area contributed by atoms with Gasteiger partial charge in [0.05, 0.1) is 17.2 Å². The summed E-state index contributed by atoms with van der Waals surface area (Å²) in [5, 5.41) is 7.43. The van der Waals surface area contributed by atoms with Crippen molar-refractivity contribution in [2.75, 3.05) is 32.1 Å². The fourth-order valence-electron chi connectivity index (χ4n) is 2.27. The predicted octanol–water partition coefficient (Wildman–Crippen LogP) is 2.68. The highest BCUT2D eigenvalue weighted by atomic mass is 79.9. The highest BCUT2D eigenvalue weighted by Crippen LogP contribution is 2.25. The second-order valence-corrected chi connectivity index (χ2v) is 5.90. The summed E-state index contributed by atoms with van der Waals surface area (Å²) in [5.74, 6) is 0.712. The molecule has 0 bridgehead atoms. The first-order valence-corrected chi connectivity index (χ1v) is 7.11. The lowest BCUT2D eigenvalue weighted by atomic mass is 9.99. The van der Waals surface area contributed by atoms with E-state index in [-0.39, 0.29) is 5.54 Å². The van der Waals surface area contributed by atoms with Gasteiger partial charge in [-0.3, -0.25) is 0 Å². The molecule has 1 aliphatic heterocycles. The number of nitrogens with zero attached hydrogens (tertiary/aromatic N) is 1. The zero-order chi connectivity index (χ0) is 13.0. The maximum Gasteiger partial charge on any atom is 0.144 e. The quantitative estimate of drug-likeness (QED) is 0.869. The van der Waals surface area contributed by atoms with E-state index in [9.17, 15) is 0 Å². The lowest BCUT2D eigenvalue weighted by molar-refractivity contribution is 0.127. The van der Waals surface area contributed by atoms with Gasteiger partial charge in [-0.15, -0.1) is 0 Å². The number of rotatable bonds is 5. The number of methoxy groups -OCH3 is 1. The van der Waals surface area contributed by atoms with Crippen molar-refractivity contribution in [1.82, 2.24) is 10.3 Å². The summed E-state index contributed by atoms with van der Waals surface area (Å²) in [6.07, 6.45) is 4.01. The van der Waals surface area contributed by atoms with Crippen molar-refractivity contribution < 1.29 is 4.74 Å². The van der Waals surface area contributed by atoms with E-state index in [1.807, 2.05) is 6.07 Å². The van der Waals surface area contributed by atoms with Crippen molar-refractivity contribution in [2.24, 2.45) is 0 Å². The molecule has 2 rings (SSSR count). The van der Waals surface area contributed by atoms with Gasteiger partial charge in [-0.1, -0.05) is 11.6 Å². The van der Waals surface area contributed by atoms with Gasteiger partial charge in [0.15, 0.2) is 0 Å². The summed E-state index contributed by atoms with van der Waals surface area (Å²) in [4.78, 5) is 4.27. The number of ether oxygens (including phenoxy) is 1. The van der Waals surface area contributed by atoms with Crippen LogP contribution in [0.25, 0.3) is 0 Å². The van der Waals surface area contributed by atoms with E-state index < -0.39 is 0 Å². The first-order chi connectivity index (χ1) is 8.65. The van der Waals surface area contributed by atoms with E-state index in [1.165, 1.54) is 6.42 Å². The number of nitrogens with one attached hydrogen (secondary N) is 2. The summed E-state index contributed by atoms with van der Waals surface area (Å²) in [7, 11) is 1.73. The zero-order valence-corrected chi connectivity index (χ0v) is 12.6. The van der Waals surface area contributed by atoms with Gasteiger partial charge < -0.3 is 15.4 Å². The molecular formula is C12H17BrClN3O. The van der Waals surface area contributed by atoms with Gasteiger partial charge in [0.1, 0.15) is 5.82 Å². The van der Waals surface area contributed by atoms with Gasteiger partial charge in [-0.05, 0) is 41.4 Å². The largest absolute Gasteiger partial charge is 0.383 e. The van der Waals surface area contributed by atoms with E-state index in [4.69, 9.17) is 16.3 Å². The number of hydrogen-bond acceptors (Lipinski definition) is 4. The van der Waals surface area contributed by atoms with Crippen LogP contribution in [0.2, 0.25) is 5.02 Å². The molecule has 1 atom stereocenters. The molecule has 2 N–H and O–H groups in total. The van der Waals surface area contributed by atoms with Gasteiger partial charge in [0.2, 0.25) is 0 Å². The van der Waals surface area contributed by atoms with Gasteiger partial charge in [0.25, 0.3) is 0 Å². The molecule has 1 aromatic heterocycles. The molecule has 0 saturated carbocycles. The van der Waals surface area contributed by atoms with E-state index in [0.717, 1.165) is 24.0 Å². The zero-order valence-electron chi connectivity index (χ0n) is 10.3. The number of hydrogen-bond donors (Lipinski definition) is 2. The Hall–Kier alpha value is -0.360. The molecule has 0 amide bonds. The van der Waals surface area contributed by atoms with E-state index >= 15 is 0 Å². The standard InChI is InChI=1S/C12H17BrClN3O/c1-18-8-12(3-2-4-17-12)7-16-11-10(14)5-9(13)6-15-11/h5-6,17H,2-4,7-8H2,1H3,(H,15,16). The van der Waals surface area contributed by atoms with Crippen molar-refractivity contribution in [3.8, 4) is 0 Å². The number of anilines is 1. The van der Waals surface area contributed by atoms with Crippen LogP contribution in [-0.4, -0.2) is 37.3 Å². The van der Waals surface area contributed by atoms with Crippen LogP contribution in [0.15, 0.2) is 16.7 Å². The molecule has 18 heavy (non-hydrogen) atoms. The highest BCUT2D eigenvalue weighted by molar-refractivity contribution is 9.10. The minimum absolute atomic E-state index is 0.00711. The Labute approximate surface area is 121 Å². The van der Waals surface area contributed by atoms with Gasteiger partial charge in [-0.25, -0.2) is 4.98 Å². The topological polar surface area (TPSA) is 46.2 Å². The van der Waals surface area contributed by atoms with Crippen LogP contribution < -0.4 is 10.6 Å². The van der Waals surface area contributed by atoms with Crippen molar-refractivity contribution in [3.05, 3.63) is 21.8 Å². The molecule has 0 aliphatic carbocycles. The molecule has 1 saturated heterocycles. The SMILES string of the molecule is COCC1(CNc2ncc(Br)cc2Cl)CCCN1. The van der Waals surface area contributed by atoms with Crippen LogP contribution in [0.1, 0.15) is 12.8 Å². The molecule has 4 nitrogen and oxygen atoms in total. The Morgan fingerprint density at radius 3 is 3.11 bits per heavy atom. The number of halogens is 2. The Morgan fingerprint density at radius 2 is 2.50 bits per heavy atom. The third-order valence-corrected chi connectivity index (χ3v) is 3.88. The summed E-state index contributed by atoms with van der Waals surface area (Å²) in [6, 6.07) is 1.84. The minimum atomic E-state index is -0.00711. The highest BCUT2D eigenvalue weighted by Gasteiger charge is 2.33. The molecule has 1 fully saturated rings. The van der Waals surface area contributed by atoms with Crippen LogP contribution in [0.4, 0.5) is 5.82 Å². The maximum atomic E-state index is 6.13.